The van der Waals surface area contributed by atoms with Crippen molar-refractivity contribution in [3.63, 3.8) is 0 Å². The summed E-state index contributed by atoms with van der Waals surface area (Å²) in [5.74, 6) is 1.85. The van der Waals surface area contributed by atoms with Crippen molar-refractivity contribution in [3.05, 3.63) is 52.5 Å². The van der Waals surface area contributed by atoms with Gasteiger partial charge in [0.05, 0.1) is 0 Å². The molecule has 0 bridgehead atoms. The molecule has 1 heterocycles. The molecule has 1 N–H and O–H groups in total. The molecule has 3 nitrogen and oxygen atoms in total. The van der Waals surface area contributed by atoms with Gasteiger partial charge in [-0.3, -0.25) is 0 Å². The van der Waals surface area contributed by atoms with Crippen molar-refractivity contribution in [1.82, 2.24) is 9.97 Å². The third kappa shape index (κ3) is 4.55. The van der Waals surface area contributed by atoms with Gasteiger partial charge >= 0.3 is 0 Å². The van der Waals surface area contributed by atoms with Crippen LogP contribution in [0.5, 0.6) is 0 Å². The van der Waals surface area contributed by atoms with Crippen LogP contribution in [-0.4, -0.2) is 16.5 Å². The molecule has 0 aliphatic carbocycles. The Balaban J connectivity index is 2.25. The van der Waals surface area contributed by atoms with Crippen molar-refractivity contribution >= 4 is 5.82 Å². The van der Waals surface area contributed by atoms with Gasteiger partial charge in [-0.1, -0.05) is 43.2 Å². The highest BCUT2D eigenvalue weighted by molar-refractivity contribution is 5.37. The van der Waals surface area contributed by atoms with E-state index in [1.807, 2.05) is 0 Å². The second kappa shape index (κ2) is 7.21. The van der Waals surface area contributed by atoms with Crippen LogP contribution >= 0.6 is 0 Å². The zero-order valence-corrected chi connectivity index (χ0v) is 13.5. The summed E-state index contributed by atoms with van der Waals surface area (Å²) in [6, 6.07) is 8.68. The first kappa shape index (κ1) is 15.5. The molecular weight excluding hydrogens is 258 g/mol. The quantitative estimate of drug-likeness (QED) is 0.868. The molecule has 1 aromatic heterocycles. The van der Waals surface area contributed by atoms with Crippen LogP contribution in [0, 0.1) is 13.8 Å². The average Bonchev–Trinajstić information content (AvgIpc) is 2.43. The second-order valence-corrected chi connectivity index (χ2v) is 5.61. The minimum absolute atomic E-state index is 0.789. The van der Waals surface area contributed by atoms with Gasteiger partial charge in [0.15, 0.2) is 0 Å². The van der Waals surface area contributed by atoms with Gasteiger partial charge in [0, 0.05) is 24.7 Å². The van der Waals surface area contributed by atoms with Crippen LogP contribution in [0.3, 0.4) is 0 Å². The first-order valence-electron chi connectivity index (χ1n) is 7.78. The molecule has 0 aliphatic heterocycles. The lowest BCUT2D eigenvalue weighted by Gasteiger charge is -2.09. The van der Waals surface area contributed by atoms with Gasteiger partial charge in [-0.15, -0.1) is 0 Å². The molecular formula is C18H25N3. The van der Waals surface area contributed by atoms with E-state index in [0.29, 0.717) is 0 Å². The van der Waals surface area contributed by atoms with E-state index in [-0.39, 0.29) is 0 Å². The predicted octanol–water partition coefficient (Wildman–Crippen LogP) is 4.07. The molecule has 3 heteroatoms. The maximum absolute atomic E-state index is 4.66. The molecule has 0 saturated carbocycles. The van der Waals surface area contributed by atoms with E-state index in [1.54, 1.807) is 0 Å². The van der Waals surface area contributed by atoms with Crippen molar-refractivity contribution in [2.45, 2.75) is 47.0 Å². The van der Waals surface area contributed by atoms with Gasteiger partial charge < -0.3 is 5.32 Å². The third-order valence-corrected chi connectivity index (χ3v) is 3.39. The number of rotatable bonds is 6. The molecule has 0 amide bonds. The summed E-state index contributed by atoms with van der Waals surface area (Å²) in [7, 11) is 0. The molecule has 2 rings (SSSR count). The summed E-state index contributed by atoms with van der Waals surface area (Å²) in [5.41, 5.74) is 4.96. The lowest BCUT2D eigenvalue weighted by Crippen LogP contribution is -2.07. The van der Waals surface area contributed by atoms with Crippen molar-refractivity contribution < 1.29 is 0 Å². The Hall–Kier alpha value is -1.90. The van der Waals surface area contributed by atoms with Crippen LogP contribution in [0.1, 0.15) is 48.5 Å². The molecule has 0 unspecified atom stereocenters. The van der Waals surface area contributed by atoms with E-state index in [2.05, 4.69) is 67.2 Å². The third-order valence-electron chi connectivity index (χ3n) is 3.39. The standard InChI is InChI=1S/C18H25N3/c1-5-7-19-17-12-16(6-2)20-18(21-17)11-15-9-13(3)8-14(4)10-15/h8-10,12H,5-7,11H2,1-4H3,(H,19,20,21). The highest BCUT2D eigenvalue weighted by Crippen LogP contribution is 2.14. The van der Waals surface area contributed by atoms with E-state index >= 15 is 0 Å². The zero-order valence-electron chi connectivity index (χ0n) is 13.5. The minimum Gasteiger partial charge on any atom is -0.370 e. The summed E-state index contributed by atoms with van der Waals surface area (Å²) in [4.78, 5) is 9.31. The molecule has 112 valence electrons. The van der Waals surface area contributed by atoms with E-state index in [9.17, 15) is 0 Å². The molecule has 2 aromatic rings. The van der Waals surface area contributed by atoms with Crippen molar-refractivity contribution in [3.8, 4) is 0 Å². The molecule has 0 saturated heterocycles. The number of nitrogens with one attached hydrogen (secondary N) is 1. The van der Waals surface area contributed by atoms with E-state index in [4.69, 9.17) is 0 Å². The number of hydrogen-bond donors (Lipinski definition) is 1. The topological polar surface area (TPSA) is 37.8 Å². The minimum atomic E-state index is 0.789. The molecule has 0 spiro atoms. The fourth-order valence-electron chi connectivity index (χ4n) is 2.51. The van der Waals surface area contributed by atoms with Crippen molar-refractivity contribution in [1.29, 1.82) is 0 Å². The van der Waals surface area contributed by atoms with E-state index in [1.165, 1.54) is 16.7 Å². The van der Waals surface area contributed by atoms with Crippen LogP contribution in [0.15, 0.2) is 24.3 Å². The van der Waals surface area contributed by atoms with Crippen LogP contribution < -0.4 is 5.32 Å². The maximum atomic E-state index is 4.66. The Morgan fingerprint density at radius 2 is 1.67 bits per heavy atom. The summed E-state index contributed by atoms with van der Waals surface area (Å²) < 4.78 is 0. The SMILES string of the molecule is CCCNc1cc(CC)nc(Cc2cc(C)cc(C)c2)n1. The van der Waals surface area contributed by atoms with E-state index in [0.717, 1.165) is 43.1 Å². The first-order chi connectivity index (χ1) is 10.1. The highest BCUT2D eigenvalue weighted by Gasteiger charge is 2.06. The van der Waals surface area contributed by atoms with Gasteiger partial charge in [-0.25, -0.2) is 9.97 Å². The smallest absolute Gasteiger partial charge is 0.135 e. The average molecular weight is 283 g/mol. The number of benzene rings is 1. The monoisotopic (exact) mass is 283 g/mol. The molecule has 0 radical (unpaired) electrons. The van der Waals surface area contributed by atoms with E-state index < -0.39 is 0 Å². The first-order valence-corrected chi connectivity index (χ1v) is 7.78. The number of nitrogens with zero attached hydrogens (tertiary/aromatic N) is 2. The zero-order chi connectivity index (χ0) is 15.2. The summed E-state index contributed by atoms with van der Waals surface area (Å²) in [5, 5.41) is 3.37. The summed E-state index contributed by atoms with van der Waals surface area (Å²) in [6.45, 7) is 9.50. The largest absolute Gasteiger partial charge is 0.370 e. The van der Waals surface area contributed by atoms with Gasteiger partial charge in [-0.2, -0.15) is 0 Å². The Kier molecular flexibility index (Phi) is 5.32. The molecule has 0 atom stereocenters. The lowest BCUT2D eigenvalue weighted by molar-refractivity contribution is 0.891. The van der Waals surface area contributed by atoms with Gasteiger partial charge in [0.2, 0.25) is 0 Å². The second-order valence-electron chi connectivity index (χ2n) is 5.61. The van der Waals surface area contributed by atoms with Crippen LogP contribution in [-0.2, 0) is 12.8 Å². The number of anilines is 1. The number of hydrogen-bond acceptors (Lipinski definition) is 3. The fourth-order valence-corrected chi connectivity index (χ4v) is 2.51. The number of aryl methyl sites for hydroxylation is 3. The van der Waals surface area contributed by atoms with Gasteiger partial charge in [0.1, 0.15) is 11.6 Å². The Labute approximate surface area is 127 Å². The highest BCUT2D eigenvalue weighted by atomic mass is 15.0. The number of aromatic nitrogens is 2. The normalized spacial score (nSPS) is 10.7. The molecule has 0 aliphatic rings. The lowest BCUT2D eigenvalue weighted by atomic mass is 10.0. The fraction of sp³-hybridized carbons (Fsp3) is 0.444. The Morgan fingerprint density at radius 1 is 0.952 bits per heavy atom. The van der Waals surface area contributed by atoms with Crippen LogP contribution in [0.2, 0.25) is 0 Å². The molecule has 21 heavy (non-hydrogen) atoms. The van der Waals surface area contributed by atoms with Crippen LogP contribution in [0.4, 0.5) is 5.82 Å². The predicted molar refractivity (Wildman–Crippen MR) is 88.9 cm³/mol. The Morgan fingerprint density at radius 3 is 2.29 bits per heavy atom. The van der Waals surface area contributed by atoms with Crippen molar-refractivity contribution in [2.75, 3.05) is 11.9 Å². The maximum Gasteiger partial charge on any atom is 0.135 e. The van der Waals surface area contributed by atoms with Crippen LogP contribution in [0.25, 0.3) is 0 Å². The van der Waals surface area contributed by atoms with Gasteiger partial charge in [0.25, 0.3) is 0 Å². The van der Waals surface area contributed by atoms with Crippen molar-refractivity contribution in [2.24, 2.45) is 0 Å². The molecule has 1 aromatic carbocycles. The van der Waals surface area contributed by atoms with Gasteiger partial charge in [-0.05, 0) is 32.3 Å². The summed E-state index contributed by atoms with van der Waals surface area (Å²) in [6.07, 6.45) is 2.82. The molecule has 0 fully saturated rings. The Bertz CT molecular complexity index is 585. The summed E-state index contributed by atoms with van der Waals surface area (Å²) >= 11 is 0.